The van der Waals surface area contributed by atoms with Crippen molar-refractivity contribution < 1.29 is 21.6 Å². The summed E-state index contributed by atoms with van der Waals surface area (Å²) < 4.78 is 57.6. The summed E-state index contributed by atoms with van der Waals surface area (Å²) in [5.74, 6) is -1.54. The van der Waals surface area contributed by atoms with Gasteiger partial charge in [-0.3, -0.25) is 0 Å². The van der Waals surface area contributed by atoms with E-state index in [2.05, 4.69) is 14.9 Å². The average Bonchev–Trinajstić information content (AvgIpc) is 3.14. The molecular weight excluding hydrogens is 328 g/mol. The molecule has 9 heteroatoms. The number of sulfonamides is 1. The zero-order chi connectivity index (χ0) is 16.4. The number of anilines is 1. The first-order chi connectivity index (χ1) is 10.9. The highest BCUT2D eigenvalue weighted by Crippen LogP contribution is 2.28. The SMILES string of the molecule is O=S(=O)(Nc1nnc(CC2CCCC2)o1)c1ccc(F)c(F)c1. The third-order valence-corrected chi connectivity index (χ3v) is 5.15. The minimum Gasteiger partial charge on any atom is -0.407 e. The van der Waals surface area contributed by atoms with Crippen molar-refractivity contribution in [1.82, 2.24) is 10.2 Å². The van der Waals surface area contributed by atoms with Gasteiger partial charge >= 0.3 is 6.01 Å². The van der Waals surface area contributed by atoms with Gasteiger partial charge in [-0.15, -0.1) is 5.10 Å². The predicted molar refractivity (Wildman–Crippen MR) is 77.1 cm³/mol. The van der Waals surface area contributed by atoms with E-state index in [1.54, 1.807) is 0 Å². The minimum absolute atomic E-state index is 0.289. The zero-order valence-corrected chi connectivity index (χ0v) is 12.9. The number of hydrogen-bond acceptors (Lipinski definition) is 5. The third-order valence-electron chi connectivity index (χ3n) is 3.83. The summed E-state index contributed by atoms with van der Waals surface area (Å²) in [4.78, 5) is -0.424. The highest BCUT2D eigenvalue weighted by molar-refractivity contribution is 7.92. The van der Waals surface area contributed by atoms with Crippen LogP contribution >= 0.6 is 0 Å². The summed E-state index contributed by atoms with van der Waals surface area (Å²) >= 11 is 0. The van der Waals surface area contributed by atoms with Gasteiger partial charge in [-0.25, -0.2) is 21.9 Å². The Bertz CT molecular complexity index is 801. The molecule has 0 spiro atoms. The number of nitrogens with zero attached hydrogens (tertiary/aromatic N) is 2. The first-order valence-electron chi connectivity index (χ1n) is 7.24. The van der Waals surface area contributed by atoms with Crippen LogP contribution in [0, 0.1) is 17.6 Å². The molecule has 1 aliphatic rings. The fraction of sp³-hybridized carbons (Fsp3) is 0.429. The molecule has 1 aromatic heterocycles. The molecule has 3 rings (SSSR count). The van der Waals surface area contributed by atoms with Crippen LogP contribution < -0.4 is 4.72 Å². The van der Waals surface area contributed by atoms with Crippen LogP contribution in [-0.2, 0) is 16.4 Å². The van der Waals surface area contributed by atoms with Crippen molar-refractivity contribution in [3.63, 3.8) is 0 Å². The van der Waals surface area contributed by atoms with Crippen molar-refractivity contribution >= 4 is 16.0 Å². The smallest absolute Gasteiger partial charge is 0.329 e. The quantitative estimate of drug-likeness (QED) is 0.902. The van der Waals surface area contributed by atoms with E-state index in [1.807, 2.05) is 0 Å². The van der Waals surface area contributed by atoms with E-state index < -0.39 is 26.6 Å². The number of benzene rings is 1. The Hall–Kier alpha value is -2.03. The summed E-state index contributed by atoms with van der Waals surface area (Å²) in [6, 6.07) is 2.00. The Morgan fingerprint density at radius 3 is 2.61 bits per heavy atom. The molecule has 0 aliphatic heterocycles. The Labute approximate surface area is 132 Å². The van der Waals surface area contributed by atoms with Crippen LogP contribution in [0.5, 0.6) is 0 Å². The molecule has 6 nitrogen and oxygen atoms in total. The van der Waals surface area contributed by atoms with Gasteiger partial charge in [0.15, 0.2) is 11.6 Å². The van der Waals surface area contributed by atoms with Gasteiger partial charge < -0.3 is 4.42 Å². The zero-order valence-electron chi connectivity index (χ0n) is 12.1. The van der Waals surface area contributed by atoms with Gasteiger partial charge in [0, 0.05) is 6.42 Å². The maximum atomic E-state index is 13.2. The molecule has 0 saturated heterocycles. The normalized spacial score (nSPS) is 15.9. The second kappa shape index (κ2) is 6.23. The van der Waals surface area contributed by atoms with Gasteiger partial charge in [-0.1, -0.05) is 17.9 Å². The van der Waals surface area contributed by atoms with Crippen molar-refractivity contribution in [3.05, 3.63) is 35.7 Å². The van der Waals surface area contributed by atoms with Crippen LogP contribution in [0.15, 0.2) is 27.5 Å². The topological polar surface area (TPSA) is 85.1 Å². The number of aromatic nitrogens is 2. The molecular formula is C14H15F2N3O3S. The standard InChI is InChI=1S/C14H15F2N3O3S/c15-11-6-5-10(8-12(11)16)23(20,21)19-14-18-17-13(22-14)7-9-3-1-2-4-9/h5-6,8-9H,1-4,7H2,(H,18,19). The summed E-state index contributed by atoms with van der Waals surface area (Å²) in [7, 11) is -4.12. The molecule has 0 radical (unpaired) electrons. The maximum Gasteiger partial charge on any atom is 0.329 e. The molecule has 0 amide bonds. The fourth-order valence-electron chi connectivity index (χ4n) is 2.66. The highest BCUT2D eigenvalue weighted by Gasteiger charge is 2.22. The average molecular weight is 343 g/mol. The number of rotatable bonds is 5. The van der Waals surface area contributed by atoms with Crippen molar-refractivity contribution in [2.75, 3.05) is 4.72 Å². The Morgan fingerprint density at radius 1 is 1.17 bits per heavy atom. The molecule has 23 heavy (non-hydrogen) atoms. The van der Waals surface area contributed by atoms with Crippen molar-refractivity contribution in [1.29, 1.82) is 0 Å². The first kappa shape index (κ1) is 15.9. The molecule has 1 heterocycles. The van der Waals surface area contributed by atoms with Gasteiger partial charge in [-0.2, -0.15) is 0 Å². The summed E-state index contributed by atoms with van der Waals surface area (Å²) in [6.45, 7) is 0. The Morgan fingerprint density at radius 2 is 1.91 bits per heavy atom. The molecule has 1 aliphatic carbocycles. The van der Waals surface area contributed by atoms with Gasteiger partial charge in [0.05, 0.1) is 4.90 Å². The molecule has 1 aromatic carbocycles. The van der Waals surface area contributed by atoms with Crippen molar-refractivity contribution in [3.8, 4) is 0 Å². The molecule has 0 atom stereocenters. The van der Waals surface area contributed by atoms with Crippen LogP contribution in [0.4, 0.5) is 14.8 Å². The van der Waals surface area contributed by atoms with E-state index >= 15 is 0 Å². The summed E-state index contributed by atoms with van der Waals surface area (Å²) in [5.41, 5.74) is 0. The number of hydrogen-bond donors (Lipinski definition) is 1. The van der Waals surface area contributed by atoms with Crippen LogP contribution in [0.2, 0.25) is 0 Å². The van der Waals surface area contributed by atoms with E-state index in [-0.39, 0.29) is 6.01 Å². The van der Waals surface area contributed by atoms with E-state index in [4.69, 9.17) is 4.42 Å². The number of halogens is 2. The maximum absolute atomic E-state index is 13.2. The van der Waals surface area contributed by atoms with Gasteiger partial charge in [0.1, 0.15) is 0 Å². The molecule has 2 aromatic rings. The van der Waals surface area contributed by atoms with Gasteiger partial charge in [0.25, 0.3) is 10.0 Å². The van der Waals surface area contributed by atoms with Crippen LogP contribution in [0.3, 0.4) is 0 Å². The molecule has 1 N–H and O–H groups in total. The predicted octanol–water partition coefficient (Wildman–Crippen LogP) is 2.88. The molecule has 124 valence electrons. The Balaban J connectivity index is 1.72. The van der Waals surface area contributed by atoms with Crippen LogP contribution in [-0.4, -0.2) is 18.6 Å². The van der Waals surface area contributed by atoms with Gasteiger partial charge in [0.2, 0.25) is 5.89 Å². The first-order valence-corrected chi connectivity index (χ1v) is 8.72. The van der Waals surface area contributed by atoms with E-state index in [0.29, 0.717) is 24.3 Å². The molecule has 0 unspecified atom stereocenters. The van der Waals surface area contributed by atoms with Crippen molar-refractivity contribution in [2.24, 2.45) is 5.92 Å². The second-order valence-corrected chi connectivity index (χ2v) is 7.22. The largest absolute Gasteiger partial charge is 0.407 e. The van der Waals surface area contributed by atoms with Crippen LogP contribution in [0.1, 0.15) is 31.6 Å². The molecule has 1 saturated carbocycles. The highest BCUT2D eigenvalue weighted by atomic mass is 32.2. The second-order valence-electron chi connectivity index (χ2n) is 5.54. The van der Waals surface area contributed by atoms with Crippen LogP contribution in [0.25, 0.3) is 0 Å². The lowest BCUT2D eigenvalue weighted by Gasteiger charge is -2.05. The molecule has 0 bridgehead atoms. The van der Waals surface area contributed by atoms with Gasteiger partial charge in [-0.05, 0) is 37.0 Å². The van der Waals surface area contributed by atoms with E-state index in [1.165, 1.54) is 12.8 Å². The summed E-state index contributed by atoms with van der Waals surface area (Å²) in [5, 5.41) is 7.45. The summed E-state index contributed by atoms with van der Waals surface area (Å²) in [6.07, 6.45) is 5.15. The van der Waals surface area contributed by atoms with E-state index in [9.17, 15) is 17.2 Å². The fourth-order valence-corrected chi connectivity index (χ4v) is 3.59. The molecule has 1 fully saturated rings. The lowest BCUT2D eigenvalue weighted by molar-refractivity contribution is 0.439. The lowest BCUT2D eigenvalue weighted by atomic mass is 10.0. The third kappa shape index (κ3) is 3.66. The lowest BCUT2D eigenvalue weighted by Crippen LogP contribution is -2.13. The number of nitrogens with one attached hydrogen (secondary N) is 1. The Kier molecular flexibility index (Phi) is 4.29. The monoisotopic (exact) mass is 343 g/mol. The van der Waals surface area contributed by atoms with Crippen molar-refractivity contribution in [2.45, 2.75) is 37.0 Å². The minimum atomic E-state index is -4.12. The van der Waals surface area contributed by atoms with E-state index in [0.717, 1.165) is 25.0 Å².